The van der Waals surface area contributed by atoms with E-state index in [1.54, 1.807) is 25.1 Å². The lowest BCUT2D eigenvalue weighted by atomic mass is 10.0. The van der Waals surface area contributed by atoms with Crippen molar-refractivity contribution in [2.24, 2.45) is 0 Å². The highest BCUT2D eigenvalue weighted by molar-refractivity contribution is 5.94. The van der Waals surface area contributed by atoms with E-state index in [0.29, 0.717) is 43.0 Å². The number of halogens is 1. The summed E-state index contributed by atoms with van der Waals surface area (Å²) in [6.45, 7) is 2.14. The Balaban J connectivity index is 1.21. The molecule has 4 rings (SSSR count). The fourth-order valence-electron chi connectivity index (χ4n) is 3.37. The van der Waals surface area contributed by atoms with Crippen LogP contribution in [0.1, 0.15) is 43.7 Å². The Labute approximate surface area is 184 Å². The van der Waals surface area contributed by atoms with Gasteiger partial charge in [0.15, 0.2) is 0 Å². The van der Waals surface area contributed by atoms with Gasteiger partial charge in [-0.05, 0) is 67.8 Å². The zero-order valence-electron chi connectivity index (χ0n) is 17.6. The number of carbonyl (C=O) groups excluding carboxylic acids is 2. The van der Waals surface area contributed by atoms with Crippen molar-refractivity contribution in [3.63, 3.8) is 0 Å². The molecule has 1 aliphatic heterocycles. The van der Waals surface area contributed by atoms with Gasteiger partial charge in [0.2, 0.25) is 23.5 Å². The lowest BCUT2D eigenvalue weighted by Crippen LogP contribution is -2.27. The minimum atomic E-state index is -0.457. The highest BCUT2D eigenvalue weighted by Crippen LogP contribution is 2.27. The van der Waals surface area contributed by atoms with E-state index in [2.05, 4.69) is 20.8 Å². The summed E-state index contributed by atoms with van der Waals surface area (Å²) in [6.07, 6.45) is 1.98. The lowest BCUT2D eigenvalue weighted by Gasteiger charge is -2.17. The Morgan fingerprint density at radius 2 is 2.06 bits per heavy atom. The third kappa shape index (κ3) is 5.29. The maximum Gasteiger partial charge on any atom is 0.249 e. The molecule has 166 valence electrons. The highest BCUT2D eigenvalue weighted by atomic mass is 19.1. The molecule has 2 heterocycles. The van der Waals surface area contributed by atoms with Gasteiger partial charge in [-0.1, -0.05) is 5.16 Å². The van der Waals surface area contributed by atoms with Gasteiger partial charge < -0.3 is 19.9 Å². The van der Waals surface area contributed by atoms with Gasteiger partial charge >= 0.3 is 0 Å². The Hall–Kier alpha value is -3.75. The first-order chi connectivity index (χ1) is 15.5. The Morgan fingerprint density at radius 1 is 1.25 bits per heavy atom. The van der Waals surface area contributed by atoms with Crippen molar-refractivity contribution in [1.82, 2.24) is 15.5 Å². The van der Waals surface area contributed by atoms with Gasteiger partial charge in [-0.15, -0.1) is 0 Å². The quantitative estimate of drug-likeness (QED) is 0.518. The van der Waals surface area contributed by atoms with Gasteiger partial charge in [-0.3, -0.25) is 9.59 Å². The molecule has 0 saturated heterocycles. The fourth-order valence-corrected chi connectivity index (χ4v) is 3.37. The van der Waals surface area contributed by atoms with E-state index in [1.165, 1.54) is 12.1 Å². The van der Waals surface area contributed by atoms with Crippen LogP contribution in [0.4, 0.5) is 10.1 Å². The Morgan fingerprint density at radius 3 is 2.88 bits per heavy atom. The molecular formula is C23H23FN4O4. The molecule has 0 spiro atoms. The number of nitrogens with zero attached hydrogens (tertiary/aromatic N) is 2. The lowest BCUT2D eigenvalue weighted by molar-refractivity contribution is -0.122. The Bertz CT molecular complexity index is 1110. The summed E-state index contributed by atoms with van der Waals surface area (Å²) >= 11 is 0. The van der Waals surface area contributed by atoms with Gasteiger partial charge in [-0.2, -0.15) is 4.98 Å². The number of amides is 2. The number of aromatic nitrogens is 2. The first kappa shape index (κ1) is 21.5. The molecule has 2 amide bonds. The van der Waals surface area contributed by atoms with E-state index >= 15 is 0 Å². The van der Waals surface area contributed by atoms with E-state index in [1.807, 2.05) is 12.1 Å². The maximum absolute atomic E-state index is 13.0. The van der Waals surface area contributed by atoms with Gasteiger partial charge in [0, 0.05) is 24.1 Å². The predicted octanol–water partition coefficient (Wildman–Crippen LogP) is 3.80. The first-order valence-corrected chi connectivity index (χ1v) is 10.4. The molecule has 1 unspecified atom stereocenters. The molecular weight excluding hydrogens is 415 g/mol. The van der Waals surface area contributed by atoms with E-state index in [4.69, 9.17) is 9.26 Å². The number of carbonyl (C=O) groups is 2. The third-order valence-electron chi connectivity index (χ3n) is 5.08. The van der Waals surface area contributed by atoms with Crippen LogP contribution in [0.3, 0.4) is 0 Å². The number of benzene rings is 2. The van der Waals surface area contributed by atoms with Crippen molar-refractivity contribution in [2.75, 3.05) is 11.9 Å². The van der Waals surface area contributed by atoms with Crippen LogP contribution in [0, 0.1) is 5.82 Å². The van der Waals surface area contributed by atoms with E-state index in [0.717, 1.165) is 11.3 Å². The van der Waals surface area contributed by atoms with Crippen LogP contribution in [0.5, 0.6) is 5.75 Å². The second kappa shape index (κ2) is 9.59. The van der Waals surface area contributed by atoms with Crippen molar-refractivity contribution < 1.29 is 23.2 Å². The molecule has 2 aromatic carbocycles. The van der Waals surface area contributed by atoms with Gasteiger partial charge in [0.05, 0.1) is 6.61 Å². The molecule has 1 atom stereocenters. The molecule has 8 nitrogen and oxygen atoms in total. The van der Waals surface area contributed by atoms with Crippen molar-refractivity contribution >= 4 is 17.5 Å². The minimum absolute atomic E-state index is 0.0265. The van der Waals surface area contributed by atoms with Crippen molar-refractivity contribution in [2.45, 2.75) is 38.6 Å². The van der Waals surface area contributed by atoms with E-state index in [9.17, 15) is 14.0 Å². The van der Waals surface area contributed by atoms with Crippen LogP contribution >= 0.6 is 0 Å². The largest absolute Gasteiger partial charge is 0.494 e. The summed E-state index contributed by atoms with van der Waals surface area (Å²) in [4.78, 5) is 27.9. The van der Waals surface area contributed by atoms with Crippen LogP contribution in [-0.2, 0) is 16.0 Å². The smallest absolute Gasteiger partial charge is 0.249 e. The van der Waals surface area contributed by atoms with Gasteiger partial charge in [0.1, 0.15) is 17.6 Å². The Kier molecular flexibility index (Phi) is 6.44. The number of aryl methyl sites for hydroxylation is 1. The number of hydrogen-bond donors (Lipinski definition) is 2. The van der Waals surface area contributed by atoms with Crippen molar-refractivity contribution in [3.05, 3.63) is 59.7 Å². The summed E-state index contributed by atoms with van der Waals surface area (Å²) in [5, 5.41) is 9.54. The molecule has 2 N–H and O–H groups in total. The van der Waals surface area contributed by atoms with E-state index < -0.39 is 6.04 Å². The molecule has 3 aromatic rings. The topological polar surface area (TPSA) is 106 Å². The SMILES string of the molecule is CC(NC(=O)CCCOc1ccc2c(c1)CCC(=O)N2)c1nc(-c2ccc(F)cc2)no1. The number of hydrogen-bond acceptors (Lipinski definition) is 6. The number of nitrogens with one attached hydrogen (secondary N) is 2. The maximum atomic E-state index is 13.0. The summed E-state index contributed by atoms with van der Waals surface area (Å²) < 4.78 is 24.0. The number of anilines is 1. The number of rotatable bonds is 8. The van der Waals surface area contributed by atoms with Crippen LogP contribution in [-0.4, -0.2) is 28.6 Å². The summed E-state index contributed by atoms with van der Waals surface area (Å²) in [6, 6.07) is 10.9. The molecule has 0 aliphatic carbocycles. The fraction of sp³-hybridized carbons (Fsp3) is 0.304. The molecule has 0 radical (unpaired) electrons. The monoisotopic (exact) mass is 438 g/mol. The van der Waals surface area contributed by atoms with Crippen LogP contribution in [0.15, 0.2) is 47.0 Å². The van der Waals surface area contributed by atoms with E-state index in [-0.39, 0.29) is 29.9 Å². The van der Waals surface area contributed by atoms with Crippen LogP contribution in [0.2, 0.25) is 0 Å². The first-order valence-electron chi connectivity index (χ1n) is 10.4. The molecule has 32 heavy (non-hydrogen) atoms. The molecule has 0 bridgehead atoms. The molecule has 0 saturated carbocycles. The summed E-state index contributed by atoms with van der Waals surface area (Å²) in [5.74, 6) is 0.846. The second-order valence-corrected chi connectivity index (χ2v) is 7.57. The van der Waals surface area contributed by atoms with Crippen LogP contribution < -0.4 is 15.4 Å². The zero-order valence-corrected chi connectivity index (χ0v) is 17.6. The zero-order chi connectivity index (χ0) is 22.5. The molecule has 1 aromatic heterocycles. The average molecular weight is 438 g/mol. The molecule has 1 aliphatic rings. The van der Waals surface area contributed by atoms with Crippen molar-refractivity contribution in [1.29, 1.82) is 0 Å². The normalized spacial score (nSPS) is 13.8. The summed E-state index contributed by atoms with van der Waals surface area (Å²) in [7, 11) is 0. The standard InChI is InChI=1S/C23H23FN4O4/c1-14(23-27-22(28-32-23)15-4-7-17(24)8-5-15)25-20(29)3-2-12-31-18-9-10-19-16(13-18)6-11-21(30)26-19/h4-5,7-10,13-14H,2-3,6,11-12H2,1H3,(H,25,29)(H,26,30). The molecule has 0 fully saturated rings. The summed E-state index contributed by atoms with van der Waals surface area (Å²) in [5.41, 5.74) is 2.50. The highest BCUT2D eigenvalue weighted by Gasteiger charge is 2.18. The van der Waals surface area contributed by atoms with Crippen molar-refractivity contribution in [3.8, 4) is 17.1 Å². The average Bonchev–Trinajstić information content (AvgIpc) is 3.28. The van der Waals surface area contributed by atoms with Gasteiger partial charge in [0.25, 0.3) is 0 Å². The van der Waals surface area contributed by atoms with Gasteiger partial charge in [-0.25, -0.2) is 4.39 Å². The predicted molar refractivity (Wildman–Crippen MR) is 114 cm³/mol. The number of fused-ring (bicyclic) bond motifs is 1. The third-order valence-corrected chi connectivity index (χ3v) is 5.08. The number of ether oxygens (including phenoxy) is 1. The van der Waals surface area contributed by atoms with Crippen LogP contribution in [0.25, 0.3) is 11.4 Å². The minimum Gasteiger partial charge on any atom is -0.494 e. The second-order valence-electron chi connectivity index (χ2n) is 7.57. The molecule has 9 heteroatoms.